The molecule has 1 N–H and O–H groups in total. The van der Waals surface area contributed by atoms with Crippen LogP contribution < -0.4 is 15.0 Å². The van der Waals surface area contributed by atoms with Crippen molar-refractivity contribution >= 4 is 17.5 Å². The van der Waals surface area contributed by atoms with Gasteiger partial charge in [-0.1, -0.05) is 37.6 Å². The second-order valence-electron chi connectivity index (χ2n) is 14.7. The van der Waals surface area contributed by atoms with Crippen molar-refractivity contribution in [1.82, 2.24) is 25.1 Å². The van der Waals surface area contributed by atoms with Gasteiger partial charge in [-0.15, -0.1) is 0 Å². The first-order valence-electron chi connectivity index (χ1n) is 17.5. The fourth-order valence-corrected chi connectivity index (χ4v) is 8.63. The van der Waals surface area contributed by atoms with Crippen LogP contribution in [0.1, 0.15) is 74.8 Å². The van der Waals surface area contributed by atoms with E-state index in [-0.39, 0.29) is 5.41 Å². The summed E-state index contributed by atoms with van der Waals surface area (Å²) in [5, 5.41) is 13.5. The molecule has 1 aliphatic carbocycles. The largest absolute Gasteiger partial charge is 0.487 e. The lowest BCUT2D eigenvalue weighted by molar-refractivity contribution is -0.0374. The number of nitrogens with zero attached hydrogens (tertiary/aromatic N) is 6. The van der Waals surface area contributed by atoms with E-state index < -0.39 is 0 Å². The molecule has 0 atom stereocenters. The summed E-state index contributed by atoms with van der Waals surface area (Å²) in [7, 11) is 0. The van der Waals surface area contributed by atoms with E-state index in [0.717, 1.165) is 60.7 Å². The average molecular weight is 654 g/mol. The molecular weight excluding hydrogens is 606 g/mol. The van der Waals surface area contributed by atoms with Crippen LogP contribution in [-0.2, 0) is 12.0 Å². The number of ether oxygens (including phenoxy) is 1. The van der Waals surface area contributed by atoms with E-state index in [1.165, 1.54) is 64.7 Å². The minimum Gasteiger partial charge on any atom is -0.487 e. The summed E-state index contributed by atoms with van der Waals surface area (Å²) in [4.78, 5) is 17.3. The summed E-state index contributed by atoms with van der Waals surface area (Å²) in [5.74, 6) is 1.59. The van der Waals surface area contributed by atoms with Crippen LogP contribution >= 0.6 is 11.6 Å². The van der Waals surface area contributed by atoms with Gasteiger partial charge >= 0.3 is 0 Å². The van der Waals surface area contributed by atoms with E-state index in [9.17, 15) is 5.26 Å². The zero-order valence-electron chi connectivity index (χ0n) is 27.9. The number of anilines is 1. The van der Waals surface area contributed by atoms with Gasteiger partial charge in [0.2, 0.25) is 5.95 Å². The van der Waals surface area contributed by atoms with Crippen LogP contribution in [0.3, 0.4) is 0 Å². The molecule has 4 aliphatic rings. The Balaban J connectivity index is 0.874. The maximum atomic E-state index is 9.38. The third kappa shape index (κ3) is 7.15. The molecular formula is C38H48ClN7O. The predicted molar refractivity (Wildman–Crippen MR) is 187 cm³/mol. The topological polar surface area (TPSA) is 80.6 Å². The van der Waals surface area contributed by atoms with E-state index in [0.29, 0.717) is 28.6 Å². The van der Waals surface area contributed by atoms with Crippen molar-refractivity contribution in [3.05, 3.63) is 82.1 Å². The molecule has 47 heavy (non-hydrogen) atoms. The Bertz CT molecular complexity index is 1560. The number of piperazine rings is 1. The highest BCUT2D eigenvalue weighted by Crippen LogP contribution is 2.50. The highest BCUT2D eigenvalue weighted by Gasteiger charge is 2.47. The molecule has 3 aromatic rings. The lowest BCUT2D eigenvalue weighted by atomic mass is 9.60. The molecule has 3 aliphatic heterocycles. The standard InChI is InChI=1S/C38H48ClN7O/c1-37(2,30-21-28(26-40)22-31(39)23-30)29-3-5-35(6-4-29)47-27-32-7-12-42-36(43-32)46-19-17-45(18-20-46)33-8-15-44(16-9-33)34-24-38(25-34)10-13-41-14-11-38/h3-7,12,21-23,33-34,41H,8-11,13-20,24-25,27H2,1-2H3. The monoisotopic (exact) mass is 653 g/mol. The van der Waals surface area contributed by atoms with E-state index >= 15 is 0 Å². The second-order valence-corrected chi connectivity index (χ2v) is 15.2. The van der Waals surface area contributed by atoms with Crippen LogP contribution in [0.25, 0.3) is 0 Å². The molecule has 0 radical (unpaired) electrons. The Kier molecular flexibility index (Phi) is 9.44. The zero-order chi connectivity index (χ0) is 32.4. The molecule has 7 rings (SSSR count). The molecule has 4 heterocycles. The fourth-order valence-electron chi connectivity index (χ4n) is 8.39. The predicted octanol–water partition coefficient (Wildman–Crippen LogP) is 6.03. The summed E-state index contributed by atoms with van der Waals surface area (Å²) in [6.45, 7) is 13.7. The first kappa shape index (κ1) is 32.3. The molecule has 1 aromatic heterocycles. The quantitative estimate of drug-likeness (QED) is 0.316. The maximum absolute atomic E-state index is 9.38. The normalized spacial score (nSPS) is 21.4. The van der Waals surface area contributed by atoms with Crippen molar-refractivity contribution in [3.8, 4) is 11.8 Å². The minimum absolute atomic E-state index is 0.315. The Hall–Kier alpha value is -3.22. The number of halogens is 1. The molecule has 1 saturated carbocycles. The van der Waals surface area contributed by atoms with Gasteiger partial charge in [0.25, 0.3) is 0 Å². The van der Waals surface area contributed by atoms with Gasteiger partial charge in [0, 0.05) is 54.9 Å². The third-order valence-corrected chi connectivity index (χ3v) is 11.8. The Morgan fingerprint density at radius 1 is 0.915 bits per heavy atom. The molecule has 0 unspecified atom stereocenters. The van der Waals surface area contributed by atoms with Gasteiger partial charge in [0.1, 0.15) is 12.4 Å². The Morgan fingerprint density at radius 3 is 2.32 bits per heavy atom. The van der Waals surface area contributed by atoms with Crippen molar-refractivity contribution < 1.29 is 4.74 Å². The van der Waals surface area contributed by atoms with Gasteiger partial charge in [-0.05, 0) is 118 Å². The molecule has 3 saturated heterocycles. The molecule has 0 bridgehead atoms. The van der Waals surface area contributed by atoms with E-state index in [1.807, 2.05) is 36.5 Å². The average Bonchev–Trinajstić information content (AvgIpc) is 3.10. The van der Waals surface area contributed by atoms with Crippen LogP contribution in [0, 0.1) is 16.7 Å². The van der Waals surface area contributed by atoms with Crippen LogP contribution in [0.15, 0.2) is 54.7 Å². The first-order valence-corrected chi connectivity index (χ1v) is 17.9. The first-order chi connectivity index (χ1) is 22.8. The molecule has 4 fully saturated rings. The lowest BCUT2D eigenvalue weighted by Gasteiger charge is -2.55. The van der Waals surface area contributed by atoms with Crippen molar-refractivity contribution in [3.63, 3.8) is 0 Å². The summed E-state index contributed by atoms with van der Waals surface area (Å²) in [5.41, 5.74) is 3.92. The van der Waals surface area contributed by atoms with Gasteiger partial charge < -0.3 is 19.9 Å². The number of hydrogen-bond donors (Lipinski definition) is 1. The van der Waals surface area contributed by atoms with Gasteiger partial charge in [-0.25, -0.2) is 9.97 Å². The fraction of sp³-hybridized carbons (Fsp3) is 0.553. The Labute approximate surface area is 285 Å². The number of nitrogens with one attached hydrogen (secondary N) is 1. The van der Waals surface area contributed by atoms with Crippen LogP contribution in [-0.4, -0.2) is 84.2 Å². The number of nitriles is 1. The van der Waals surface area contributed by atoms with Gasteiger partial charge in [0.05, 0.1) is 17.3 Å². The summed E-state index contributed by atoms with van der Waals surface area (Å²) in [6, 6.07) is 19.4. The minimum atomic E-state index is -0.315. The molecule has 8 nitrogen and oxygen atoms in total. The summed E-state index contributed by atoms with van der Waals surface area (Å²) >= 11 is 6.29. The van der Waals surface area contributed by atoms with Gasteiger partial charge in [-0.2, -0.15) is 5.26 Å². The van der Waals surface area contributed by atoms with Crippen LogP contribution in [0.5, 0.6) is 5.75 Å². The van der Waals surface area contributed by atoms with Crippen molar-refractivity contribution in [2.75, 3.05) is 57.3 Å². The smallest absolute Gasteiger partial charge is 0.225 e. The Morgan fingerprint density at radius 2 is 1.62 bits per heavy atom. The summed E-state index contributed by atoms with van der Waals surface area (Å²) in [6.07, 6.45) is 10.1. The van der Waals surface area contributed by atoms with E-state index in [1.54, 1.807) is 6.07 Å². The highest BCUT2D eigenvalue weighted by atomic mass is 35.5. The summed E-state index contributed by atoms with van der Waals surface area (Å²) < 4.78 is 6.14. The molecule has 2 aromatic carbocycles. The van der Waals surface area contributed by atoms with Crippen molar-refractivity contribution in [1.29, 1.82) is 5.26 Å². The maximum Gasteiger partial charge on any atom is 0.225 e. The molecule has 9 heteroatoms. The van der Waals surface area contributed by atoms with E-state index in [2.05, 4.69) is 57.0 Å². The number of likely N-dealkylation sites (tertiary alicyclic amines) is 1. The van der Waals surface area contributed by atoms with Crippen molar-refractivity contribution in [2.45, 2.75) is 76.5 Å². The van der Waals surface area contributed by atoms with Crippen LogP contribution in [0.4, 0.5) is 5.95 Å². The zero-order valence-corrected chi connectivity index (χ0v) is 28.7. The van der Waals surface area contributed by atoms with Crippen LogP contribution in [0.2, 0.25) is 5.02 Å². The number of benzene rings is 2. The number of aromatic nitrogens is 2. The lowest BCUT2D eigenvalue weighted by Crippen LogP contribution is -2.58. The van der Waals surface area contributed by atoms with Gasteiger partial charge in [-0.3, -0.25) is 4.90 Å². The molecule has 248 valence electrons. The molecule has 0 amide bonds. The number of piperidine rings is 2. The SMILES string of the molecule is CC(C)(c1ccc(OCc2ccnc(N3CCN(C4CCN(C5CC6(CCNCC6)C5)CC4)CC3)n2)cc1)c1cc(Cl)cc(C#N)c1. The number of hydrogen-bond acceptors (Lipinski definition) is 8. The van der Waals surface area contributed by atoms with Crippen molar-refractivity contribution in [2.24, 2.45) is 5.41 Å². The van der Waals surface area contributed by atoms with Gasteiger partial charge in [0.15, 0.2) is 0 Å². The van der Waals surface area contributed by atoms with E-state index in [4.69, 9.17) is 21.3 Å². The number of rotatable bonds is 8. The highest BCUT2D eigenvalue weighted by molar-refractivity contribution is 6.30. The second kappa shape index (κ2) is 13.7. The molecule has 1 spiro atoms. The third-order valence-electron chi connectivity index (χ3n) is 11.5.